The Balaban J connectivity index is 2.54. The van der Waals surface area contributed by atoms with Gasteiger partial charge in [-0.3, -0.25) is 9.69 Å². The smallest absolute Gasteiger partial charge is 0.415 e. The van der Waals surface area contributed by atoms with Crippen molar-refractivity contribution in [3.8, 4) is 0 Å². The van der Waals surface area contributed by atoms with Crippen LogP contribution in [0.4, 0.5) is 18.0 Å². The van der Waals surface area contributed by atoms with Crippen LogP contribution in [0, 0.1) is 0 Å². The monoisotopic (exact) mass is 358 g/mol. The topological polar surface area (TPSA) is 130 Å². The summed E-state index contributed by atoms with van der Waals surface area (Å²) < 4.78 is 66.8. The van der Waals surface area contributed by atoms with Gasteiger partial charge in [0.1, 0.15) is 11.7 Å². The minimum absolute atomic E-state index is 0.0184. The van der Waals surface area contributed by atoms with E-state index in [9.17, 15) is 36.0 Å². The number of β-lactam (4-membered cyclic amide) rings is 1. The quantitative estimate of drug-likeness (QED) is 0.619. The highest BCUT2D eigenvalue weighted by Gasteiger charge is 2.63. The average molecular weight is 358 g/mol. The fourth-order valence-electron chi connectivity index (χ4n) is 2.34. The second-order valence-corrected chi connectivity index (χ2v) is 6.75. The number of amides is 2. The van der Waals surface area contributed by atoms with Crippen molar-refractivity contribution < 1.29 is 45.8 Å². The molecule has 0 saturated carbocycles. The van der Waals surface area contributed by atoms with E-state index in [1.807, 2.05) is 5.32 Å². The molecule has 2 aliphatic rings. The number of alkyl halides is 3. The number of rotatable bonds is 2. The molecular formula is C10H9F3N2O7S. The summed E-state index contributed by atoms with van der Waals surface area (Å²) in [6.45, 7) is 0. The standard InChI is InChI=1S/C10H9F3N2O7S/c1-22-9(19)14-4-6(16)15-5(8(17)18)3(10(11,12)13)2-23(20,21)7(4)15/h4,7H,2H2,1H3,(H,14,19)(H,17,18)/t4-,7?/m0/s1. The first-order valence-electron chi connectivity index (χ1n) is 5.84. The molecule has 1 saturated heterocycles. The molecule has 128 valence electrons. The zero-order valence-electron chi connectivity index (χ0n) is 11.2. The number of aliphatic carboxylic acids is 1. The van der Waals surface area contributed by atoms with E-state index in [1.54, 1.807) is 0 Å². The number of carboxylic acids is 1. The molecular weight excluding hydrogens is 349 g/mol. The second-order valence-electron chi connectivity index (χ2n) is 4.65. The van der Waals surface area contributed by atoms with Crippen molar-refractivity contribution in [2.45, 2.75) is 17.6 Å². The largest absolute Gasteiger partial charge is 0.477 e. The highest BCUT2D eigenvalue weighted by Crippen LogP contribution is 2.42. The third kappa shape index (κ3) is 2.60. The number of hydrogen-bond donors (Lipinski definition) is 2. The van der Waals surface area contributed by atoms with Crippen LogP contribution in [0.15, 0.2) is 11.3 Å². The van der Waals surface area contributed by atoms with Crippen molar-refractivity contribution in [2.75, 3.05) is 12.9 Å². The summed E-state index contributed by atoms with van der Waals surface area (Å²) in [6, 6.07) is -1.71. The van der Waals surface area contributed by atoms with E-state index in [1.165, 1.54) is 0 Å². The van der Waals surface area contributed by atoms with Crippen LogP contribution in [0.3, 0.4) is 0 Å². The summed E-state index contributed by atoms with van der Waals surface area (Å²) >= 11 is 0. The number of methoxy groups -OCH3 is 1. The van der Waals surface area contributed by atoms with Gasteiger partial charge in [0, 0.05) is 0 Å². The Kier molecular flexibility index (Phi) is 3.79. The second kappa shape index (κ2) is 5.11. The number of carbonyl (C=O) groups excluding carboxylic acids is 2. The summed E-state index contributed by atoms with van der Waals surface area (Å²) in [6.07, 6.45) is -6.42. The zero-order valence-corrected chi connectivity index (χ0v) is 12.1. The van der Waals surface area contributed by atoms with Gasteiger partial charge in [-0.1, -0.05) is 0 Å². The van der Waals surface area contributed by atoms with E-state index < -0.39 is 62.4 Å². The Morgan fingerprint density at radius 3 is 2.39 bits per heavy atom. The van der Waals surface area contributed by atoms with Gasteiger partial charge >= 0.3 is 18.2 Å². The molecule has 0 bridgehead atoms. The maximum absolute atomic E-state index is 12.9. The lowest BCUT2D eigenvalue weighted by Crippen LogP contribution is -2.75. The normalized spacial score (nSPS) is 26.3. The molecule has 13 heteroatoms. The Bertz CT molecular complexity index is 727. The molecule has 0 aliphatic carbocycles. The number of sulfone groups is 1. The van der Waals surface area contributed by atoms with Crippen LogP contribution in [0.25, 0.3) is 0 Å². The molecule has 2 rings (SSSR count). The van der Waals surface area contributed by atoms with E-state index in [4.69, 9.17) is 5.11 Å². The molecule has 0 aromatic heterocycles. The lowest BCUT2D eigenvalue weighted by atomic mass is 10.0. The molecule has 0 radical (unpaired) electrons. The van der Waals surface area contributed by atoms with Crippen molar-refractivity contribution in [3.63, 3.8) is 0 Å². The fourth-order valence-corrected chi connectivity index (χ4v) is 4.34. The molecule has 2 heterocycles. The molecule has 0 aromatic rings. The van der Waals surface area contributed by atoms with Gasteiger partial charge < -0.3 is 15.2 Å². The van der Waals surface area contributed by atoms with Crippen molar-refractivity contribution in [2.24, 2.45) is 0 Å². The Morgan fingerprint density at radius 2 is 1.96 bits per heavy atom. The minimum Gasteiger partial charge on any atom is -0.477 e. The first kappa shape index (κ1) is 17.1. The average Bonchev–Trinajstić information content (AvgIpc) is 2.41. The van der Waals surface area contributed by atoms with Crippen LogP contribution in [0.1, 0.15) is 0 Å². The molecule has 9 nitrogen and oxygen atoms in total. The first-order valence-corrected chi connectivity index (χ1v) is 7.56. The third-order valence-corrected chi connectivity index (χ3v) is 5.20. The van der Waals surface area contributed by atoms with Gasteiger partial charge in [0.2, 0.25) is 0 Å². The number of nitrogens with one attached hydrogen (secondary N) is 1. The van der Waals surface area contributed by atoms with E-state index in [-0.39, 0.29) is 4.90 Å². The zero-order chi connectivity index (χ0) is 17.7. The lowest BCUT2D eigenvalue weighted by molar-refractivity contribution is -0.151. The SMILES string of the molecule is COC(=O)N[C@H]1C(=O)N2C(C(=O)O)=C(C(F)(F)F)CS(=O)(=O)C12. The van der Waals surface area contributed by atoms with Gasteiger partial charge in [0.15, 0.2) is 15.2 Å². The number of hydrogen-bond acceptors (Lipinski definition) is 6. The van der Waals surface area contributed by atoms with E-state index in [2.05, 4.69) is 4.74 Å². The Labute approximate surface area is 126 Å². The van der Waals surface area contributed by atoms with Gasteiger partial charge in [-0.15, -0.1) is 0 Å². The summed E-state index contributed by atoms with van der Waals surface area (Å²) in [7, 11) is -3.64. The van der Waals surface area contributed by atoms with Crippen molar-refractivity contribution in [3.05, 3.63) is 11.3 Å². The highest BCUT2D eigenvalue weighted by molar-refractivity contribution is 7.92. The van der Waals surface area contributed by atoms with Crippen LogP contribution < -0.4 is 5.32 Å². The number of carbonyl (C=O) groups is 3. The van der Waals surface area contributed by atoms with Gasteiger partial charge in [0.05, 0.1) is 18.4 Å². The molecule has 0 spiro atoms. The summed E-state index contributed by atoms with van der Waals surface area (Å²) in [5.41, 5.74) is -3.30. The highest BCUT2D eigenvalue weighted by atomic mass is 32.2. The molecule has 1 fully saturated rings. The maximum Gasteiger partial charge on any atom is 0.415 e. The molecule has 1 unspecified atom stereocenters. The van der Waals surface area contributed by atoms with Crippen LogP contribution in [-0.4, -0.2) is 66.8 Å². The molecule has 0 aromatic carbocycles. The lowest BCUT2D eigenvalue weighted by Gasteiger charge is -2.48. The summed E-state index contributed by atoms with van der Waals surface area (Å²) in [5.74, 6) is -4.99. The van der Waals surface area contributed by atoms with Gasteiger partial charge in [-0.05, 0) is 0 Å². The van der Waals surface area contributed by atoms with E-state index in [0.717, 1.165) is 7.11 Å². The number of alkyl carbamates (subject to hydrolysis) is 1. The molecule has 2 atom stereocenters. The van der Waals surface area contributed by atoms with Crippen LogP contribution in [-0.2, 0) is 24.2 Å². The van der Waals surface area contributed by atoms with Crippen LogP contribution in [0.2, 0.25) is 0 Å². The number of carboxylic acid groups (broad SMARTS) is 1. The fraction of sp³-hybridized carbons (Fsp3) is 0.500. The molecule has 2 amide bonds. The van der Waals surface area contributed by atoms with Crippen molar-refractivity contribution in [1.82, 2.24) is 10.2 Å². The van der Waals surface area contributed by atoms with Gasteiger partial charge in [-0.25, -0.2) is 18.0 Å². The van der Waals surface area contributed by atoms with Crippen molar-refractivity contribution in [1.29, 1.82) is 0 Å². The predicted octanol–water partition coefficient (Wildman–Crippen LogP) is -0.791. The number of nitrogens with zero attached hydrogens (tertiary/aromatic N) is 1. The predicted molar refractivity (Wildman–Crippen MR) is 64.5 cm³/mol. The van der Waals surface area contributed by atoms with Crippen LogP contribution in [0.5, 0.6) is 0 Å². The number of ether oxygens (including phenoxy) is 1. The van der Waals surface area contributed by atoms with Gasteiger partial charge in [0.25, 0.3) is 5.91 Å². The van der Waals surface area contributed by atoms with E-state index >= 15 is 0 Å². The van der Waals surface area contributed by atoms with Crippen molar-refractivity contribution >= 4 is 27.8 Å². The molecule has 2 aliphatic heterocycles. The molecule has 23 heavy (non-hydrogen) atoms. The van der Waals surface area contributed by atoms with Crippen LogP contribution >= 0.6 is 0 Å². The molecule has 2 N–H and O–H groups in total. The third-order valence-electron chi connectivity index (χ3n) is 3.29. The number of fused-ring (bicyclic) bond motifs is 1. The Morgan fingerprint density at radius 1 is 1.39 bits per heavy atom. The summed E-state index contributed by atoms with van der Waals surface area (Å²) in [4.78, 5) is 34.0. The van der Waals surface area contributed by atoms with E-state index in [0.29, 0.717) is 0 Å². The first-order chi connectivity index (χ1) is 10.4. The minimum atomic E-state index is -5.24. The number of halogens is 3. The maximum atomic E-state index is 12.9. The van der Waals surface area contributed by atoms with Gasteiger partial charge in [-0.2, -0.15) is 13.2 Å². The Hall–Kier alpha value is -2.31. The summed E-state index contributed by atoms with van der Waals surface area (Å²) in [5, 5.41) is 8.87.